The Balaban J connectivity index is 2.30. The van der Waals surface area contributed by atoms with Gasteiger partial charge in [-0.25, -0.2) is 0 Å². The molecule has 0 bridgehead atoms. The normalized spacial score (nSPS) is 24.0. The summed E-state index contributed by atoms with van der Waals surface area (Å²) in [5.41, 5.74) is 0.102. The molecule has 5 nitrogen and oxygen atoms in total. The quantitative estimate of drug-likeness (QED) is 0.301. The van der Waals surface area contributed by atoms with Crippen molar-refractivity contribution in [2.24, 2.45) is 0 Å². The van der Waals surface area contributed by atoms with Crippen LogP contribution in [0.25, 0.3) is 0 Å². The molecule has 5 heteroatoms. The number of aromatic hydroxyl groups is 1. The lowest BCUT2D eigenvalue weighted by atomic mass is 10.1. The summed E-state index contributed by atoms with van der Waals surface area (Å²) < 4.78 is 128. The molecule has 0 spiro atoms. The number of nitrogens with one attached hydrogen (secondary N) is 1. The zero-order valence-electron chi connectivity index (χ0n) is 31.4. The molecule has 0 aliphatic heterocycles. The van der Waals surface area contributed by atoms with E-state index in [0.29, 0.717) is 12.8 Å². The second-order valence-electron chi connectivity index (χ2n) is 6.12. The molecule has 0 aromatic heterocycles. The van der Waals surface area contributed by atoms with Gasteiger partial charge in [-0.05, 0) is 61.8 Å². The highest BCUT2D eigenvalue weighted by Crippen LogP contribution is 2.22. The highest BCUT2D eigenvalue weighted by molar-refractivity contribution is 5.36. The Bertz CT molecular complexity index is 1290. The molecule has 0 saturated heterocycles. The number of hydrogen-bond donors (Lipinski definition) is 4. The zero-order valence-corrected chi connectivity index (χ0v) is 16.4. The van der Waals surface area contributed by atoms with Crippen molar-refractivity contribution in [1.82, 2.24) is 5.32 Å². The highest BCUT2D eigenvalue weighted by atomic mass is 16.5. The van der Waals surface area contributed by atoms with Gasteiger partial charge < -0.3 is 25.4 Å². The van der Waals surface area contributed by atoms with Crippen LogP contribution in [0.1, 0.15) is 81.7 Å². The summed E-state index contributed by atoms with van der Waals surface area (Å²) in [4.78, 5) is 0. The summed E-state index contributed by atoms with van der Waals surface area (Å²) >= 11 is 0. The third-order valence-electron chi connectivity index (χ3n) is 3.94. The van der Waals surface area contributed by atoms with E-state index in [-0.39, 0.29) is 12.0 Å². The summed E-state index contributed by atoms with van der Waals surface area (Å²) in [6.07, 6.45) is -18.8. The van der Waals surface area contributed by atoms with Crippen molar-refractivity contribution >= 4 is 0 Å². The molecule has 2 aromatic rings. The topological polar surface area (TPSA) is 82.0 Å². The van der Waals surface area contributed by atoms with E-state index in [9.17, 15) is 15.3 Å². The van der Waals surface area contributed by atoms with Gasteiger partial charge in [0.1, 0.15) is 5.75 Å². The Hall–Kier alpha value is -1.92. The van der Waals surface area contributed by atoms with E-state index in [1.54, 1.807) is 0 Å². The number of benzene rings is 2. The summed E-state index contributed by atoms with van der Waals surface area (Å²) in [6.45, 7) is -12.4. The molecule has 0 aliphatic rings. The second-order valence-corrected chi connectivity index (χ2v) is 6.12. The number of unbranched alkanes of at least 4 members (excludes halogenated alkanes) is 1. The van der Waals surface area contributed by atoms with Crippen LogP contribution in [0.5, 0.6) is 5.75 Å². The molecule has 166 valence electrons. The molecule has 0 fully saturated rings. The largest absolute Gasteiger partial charge is 0.508 e. The number of hydrogen-bond acceptors (Lipinski definition) is 5. The van der Waals surface area contributed by atoms with Crippen molar-refractivity contribution in [3.63, 3.8) is 0 Å². The molecule has 0 saturated carbocycles. The number of aliphatic hydroxyl groups is 2. The van der Waals surface area contributed by atoms with Crippen molar-refractivity contribution in [3.05, 3.63) is 65.2 Å². The minimum atomic E-state index is -4.26. The molecule has 0 aliphatic carbocycles. The lowest BCUT2D eigenvalue weighted by Gasteiger charge is -2.14. The third kappa shape index (κ3) is 9.72. The van der Waals surface area contributed by atoms with Gasteiger partial charge >= 0.3 is 0 Å². The van der Waals surface area contributed by atoms with E-state index >= 15 is 0 Å². The highest BCUT2D eigenvalue weighted by Gasteiger charge is 2.09. The first-order valence-corrected chi connectivity index (χ1v) is 9.36. The third-order valence-corrected chi connectivity index (χ3v) is 3.94. The predicted molar refractivity (Wildman–Crippen MR) is 121 cm³/mol. The fourth-order valence-corrected chi connectivity index (χ4v) is 2.41. The van der Waals surface area contributed by atoms with Crippen molar-refractivity contribution in [3.8, 4) is 5.75 Å². The summed E-state index contributed by atoms with van der Waals surface area (Å²) in [5, 5.41) is 31.2. The average molecular weight is 431 g/mol. The van der Waals surface area contributed by atoms with E-state index < -0.39 is 75.7 Å². The molecule has 4 N–H and O–H groups in total. The van der Waals surface area contributed by atoms with Crippen LogP contribution in [0.15, 0.2) is 48.5 Å². The van der Waals surface area contributed by atoms with Gasteiger partial charge in [-0.2, -0.15) is 0 Å². The van der Waals surface area contributed by atoms with Crippen LogP contribution in [-0.2, 0) is 17.8 Å². The van der Waals surface area contributed by atoms with Crippen molar-refractivity contribution in [2.45, 2.75) is 57.4 Å². The van der Waals surface area contributed by atoms with Crippen LogP contribution in [0.2, 0.25) is 0 Å². The lowest BCUT2D eigenvalue weighted by Crippen LogP contribution is -2.22. The minimum absolute atomic E-state index is 0.208. The SMILES string of the molecule is [2H]C([2H])(NC([2H])([2H])C([2H])([2H])C([2H])([2H])C([2H])([2H])C([2H])([2H])C([2H])([2H])OCCCCc1ccccc1)C([2H])(O)c1ccc(O)c(CO)c1. The molecule has 0 heterocycles. The monoisotopic (exact) mass is 430 g/mol. The van der Waals surface area contributed by atoms with Crippen molar-refractivity contribution in [2.75, 3.05) is 26.2 Å². The van der Waals surface area contributed by atoms with Gasteiger partial charge in [0.2, 0.25) is 0 Å². The maximum Gasteiger partial charge on any atom is 0.121 e. The first-order valence-electron chi connectivity index (χ1n) is 16.9. The molecule has 1 atom stereocenters. The smallest absolute Gasteiger partial charge is 0.121 e. The zero-order chi connectivity index (χ0) is 34.9. The molecule has 30 heavy (non-hydrogen) atoms. The first kappa shape index (κ1) is 10.6. The average Bonchev–Trinajstić information content (AvgIpc) is 2.92. The standard InChI is InChI=1S/C25H37NO4/c27-20-23-18-22(13-14-24(23)28)25(29)19-26-15-7-1-2-8-16-30-17-9-6-12-21-10-4-3-5-11-21/h3-5,10-11,13-14,18,25-29H,1-2,6-9,12,15-17,19-20H2/i1D2,2D2,7D2,8D2,15D2,16D2,19D2,25D. The Kier molecular flexibility index (Phi) is 5.29. The lowest BCUT2D eigenvalue weighted by molar-refractivity contribution is 0.126. The second kappa shape index (κ2) is 15.0. The number of rotatable bonds is 16. The fraction of sp³-hybridized carbons (Fsp3) is 0.520. The van der Waals surface area contributed by atoms with Crippen LogP contribution in [0.4, 0.5) is 0 Å². The molecule has 2 rings (SSSR count). The van der Waals surface area contributed by atoms with E-state index in [0.717, 1.165) is 23.8 Å². The Morgan fingerprint density at radius 3 is 2.63 bits per heavy atom. The number of aliphatic hydroxyl groups excluding tert-OH is 1. The van der Waals surface area contributed by atoms with Gasteiger partial charge in [0.15, 0.2) is 0 Å². The van der Waals surface area contributed by atoms with Crippen LogP contribution in [0.3, 0.4) is 0 Å². The molecule has 0 amide bonds. The Morgan fingerprint density at radius 1 is 1.03 bits per heavy atom. The van der Waals surface area contributed by atoms with Gasteiger partial charge in [-0.3, -0.25) is 0 Å². The van der Waals surface area contributed by atoms with E-state index in [1.165, 1.54) is 5.32 Å². The van der Waals surface area contributed by atoms with Gasteiger partial charge in [0, 0.05) is 41.7 Å². The minimum Gasteiger partial charge on any atom is -0.508 e. The maximum absolute atomic E-state index is 10.7. The molecule has 0 radical (unpaired) electrons. The summed E-state index contributed by atoms with van der Waals surface area (Å²) in [5.74, 6) is -0.474. The van der Waals surface area contributed by atoms with Crippen LogP contribution in [0, 0.1) is 0 Å². The Labute approximate surface area is 201 Å². The maximum atomic E-state index is 10.7. The van der Waals surface area contributed by atoms with E-state index in [1.807, 2.05) is 30.3 Å². The number of phenols is 1. The van der Waals surface area contributed by atoms with Gasteiger partial charge in [-0.1, -0.05) is 49.1 Å². The number of aryl methyl sites for hydroxylation is 1. The van der Waals surface area contributed by atoms with E-state index in [4.69, 9.17) is 25.3 Å². The molecular formula is C25H37NO4. The van der Waals surface area contributed by atoms with Crippen molar-refractivity contribution in [1.29, 1.82) is 0 Å². The summed E-state index contributed by atoms with van der Waals surface area (Å²) in [7, 11) is 0. The van der Waals surface area contributed by atoms with Crippen LogP contribution >= 0.6 is 0 Å². The van der Waals surface area contributed by atoms with Crippen LogP contribution < -0.4 is 5.32 Å². The first-order chi connectivity index (χ1) is 20.2. The van der Waals surface area contributed by atoms with Crippen molar-refractivity contribution < 1.29 is 40.6 Å². The molecule has 1 unspecified atom stereocenters. The van der Waals surface area contributed by atoms with Gasteiger partial charge in [0.05, 0.1) is 16.8 Å². The number of ether oxygens (including phenoxy) is 1. The summed E-state index contributed by atoms with van der Waals surface area (Å²) in [6, 6.07) is 11.8. The van der Waals surface area contributed by atoms with E-state index in [2.05, 4.69) is 0 Å². The van der Waals surface area contributed by atoms with Crippen LogP contribution in [-0.4, -0.2) is 41.5 Å². The molecule has 2 aromatic carbocycles. The van der Waals surface area contributed by atoms with Gasteiger partial charge in [0.25, 0.3) is 0 Å². The predicted octanol–water partition coefficient (Wildman–Crippen LogP) is 4.11. The fourth-order valence-electron chi connectivity index (χ4n) is 2.41. The molecular weight excluding hydrogens is 378 g/mol. The van der Waals surface area contributed by atoms with Gasteiger partial charge in [-0.15, -0.1) is 0 Å². The Morgan fingerprint density at radius 2 is 1.83 bits per heavy atom.